The molecule has 0 aliphatic carbocycles. The Morgan fingerprint density at radius 3 is 2.63 bits per heavy atom. The van der Waals surface area contributed by atoms with Gasteiger partial charge in [-0.25, -0.2) is 4.79 Å². The van der Waals surface area contributed by atoms with Crippen molar-refractivity contribution in [1.82, 2.24) is 0 Å². The zero-order chi connectivity index (χ0) is 14.1. The summed E-state index contributed by atoms with van der Waals surface area (Å²) in [7, 11) is 0. The highest BCUT2D eigenvalue weighted by molar-refractivity contribution is 6.30. The third-order valence-corrected chi connectivity index (χ3v) is 2.92. The van der Waals surface area contributed by atoms with E-state index >= 15 is 0 Å². The van der Waals surface area contributed by atoms with E-state index in [1.165, 1.54) is 0 Å². The molecule has 0 amide bonds. The summed E-state index contributed by atoms with van der Waals surface area (Å²) in [6.07, 6.45) is 4.42. The van der Waals surface area contributed by atoms with Crippen molar-refractivity contribution in [2.75, 3.05) is 6.61 Å². The molecule has 0 fully saturated rings. The Bertz CT molecular complexity index is 415. The summed E-state index contributed by atoms with van der Waals surface area (Å²) >= 11 is 5.82. The van der Waals surface area contributed by atoms with Crippen LogP contribution >= 0.6 is 11.6 Å². The number of nitrogens with zero attached hydrogens (tertiary/aromatic N) is 1. The fraction of sp³-hybridized carbons (Fsp3) is 0.467. The zero-order valence-electron chi connectivity index (χ0n) is 11.4. The Morgan fingerprint density at radius 1 is 1.37 bits per heavy atom. The van der Waals surface area contributed by atoms with Gasteiger partial charge in [0.1, 0.15) is 6.04 Å². The van der Waals surface area contributed by atoms with Crippen molar-refractivity contribution in [3.63, 3.8) is 0 Å². The molecule has 1 rings (SSSR count). The highest BCUT2D eigenvalue weighted by Crippen LogP contribution is 2.10. The van der Waals surface area contributed by atoms with E-state index in [-0.39, 0.29) is 5.97 Å². The molecule has 3 nitrogen and oxygen atoms in total. The van der Waals surface area contributed by atoms with Crippen LogP contribution in [-0.4, -0.2) is 24.8 Å². The summed E-state index contributed by atoms with van der Waals surface area (Å²) in [5, 5.41) is 0.685. The fourth-order valence-electron chi connectivity index (χ4n) is 1.61. The van der Waals surface area contributed by atoms with Crippen LogP contribution in [0.3, 0.4) is 0 Å². The van der Waals surface area contributed by atoms with E-state index in [9.17, 15) is 4.79 Å². The quantitative estimate of drug-likeness (QED) is 0.562. The molecule has 0 aliphatic heterocycles. The minimum atomic E-state index is -0.407. The molecule has 0 N–H and O–H groups in total. The standard InChI is InChI=1S/C15H20ClNO2/c1-3-5-6-14(15(18)19-4-2)17-11-12-7-9-13(16)10-8-12/h7-11,14H,3-6H2,1-2H3. The number of carbonyl (C=O) groups excluding carboxylic acids is 1. The highest BCUT2D eigenvalue weighted by atomic mass is 35.5. The second-order valence-electron chi connectivity index (χ2n) is 4.24. The van der Waals surface area contributed by atoms with E-state index < -0.39 is 6.04 Å². The van der Waals surface area contributed by atoms with Crippen LogP contribution in [0.2, 0.25) is 5.02 Å². The molecule has 0 bridgehead atoms. The van der Waals surface area contributed by atoms with Crippen molar-refractivity contribution in [1.29, 1.82) is 0 Å². The summed E-state index contributed by atoms with van der Waals surface area (Å²) in [5.74, 6) is -0.249. The second-order valence-corrected chi connectivity index (χ2v) is 4.68. The van der Waals surface area contributed by atoms with Gasteiger partial charge >= 0.3 is 5.97 Å². The van der Waals surface area contributed by atoms with Crippen LogP contribution in [0.4, 0.5) is 0 Å². The first-order chi connectivity index (χ1) is 9.17. The Labute approximate surface area is 119 Å². The van der Waals surface area contributed by atoms with Gasteiger partial charge in [0.05, 0.1) is 6.61 Å². The number of esters is 1. The molecule has 1 aromatic carbocycles. The van der Waals surface area contributed by atoms with E-state index in [4.69, 9.17) is 16.3 Å². The zero-order valence-corrected chi connectivity index (χ0v) is 12.2. The number of hydrogen-bond donors (Lipinski definition) is 0. The largest absolute Gasteiger partial charge is 0.464 e. The summed E-state index contributed by atoms with van der Waals surface area (Å²) in [5.41, 5.74) is 0.926. The smallest absolute Gasteiger partial charge is 0.330 e. The average molecular weight is 282 g/mol. The minimum absolute atomic E-state index is 0.249. The van der Waals surface area contributed by atoms with Crippen LogP contribution in [0.1, 0.15) is 38.7 Å². The summed E-state index contributed by atoms with van der Waals surface area (Å²) in [4.78, 5) is 16.1. The number of aliphatic imine (C=N–C) groups is 1. The lowest BCUT2D eigenvalue weighted by atomic mass is 10.1. The van der Waals surface area contributed by atoms with Gasteiger partial charge in [0.2, 0.25) is 0 Å². The van der Waals surface area contributed by atoms with Crippen molar-refractivity contribution in [3.8, 4) is 0 Å². The maximum atomic E-state index is 11.8. The summed E-state index contributed by atoms with van der Waals surface area (Å²) < 4.78 is 5.03. The van der Waals surface area contributed by atoms with E-state index in [0.717, 1.165) is 24.8 Å². The number of hydrogen-bond acceptors (Lipinski definition) is 3. The Kier molecular flexibility index (Phi) is 7.19. The number of unbranched alkanes of at least 4 members (excludes halogenated alkanes) is 1. The average Bonchev–Trinajstić information content (AvgIpc) is 2.41. The van der Waals surface area contributed by atoms with Gasteiger partial charge < -0.3 is 4.74 Å². The van der Waals surface area contributed by atoms with E-state index in [2.05, 4.69) is 11.9 Å². The van der Waals surface area contributed by atoms with Crippen LogP contribution < -0.4 is 0 Å². The number of benzene rings is 1. The van der Waals surface area contributed by atoms with Gasteiger partial charge in [-0.1, -0.05) is 43.5 Å². The Balaban J connectivity index is 2.69. The molecular formula is C15H20ClNO2. The number of carbonyl (C=O) groups is 1. The number of halogens is 1. The molecular weight excluding hydrogens is 262 g/mol. The van der Waals surface area contributed by atoms with E-state index in [0.29, 0.717) is 11.6 Å². The van der Waals surface area contributed by atoms with Crippen LogP contribution in [0.25, 0.3) is 0 Å². The second kappa shape index (κ2) is 8.70. The Hall–Kier alpha value is -1.35. The van der Waals surface area contributed by atoms with Gasteiger partial charge in [-0.3, -0.25) is 4.99 Å². The van der Waals surface area contributed by atoms with Crippen LogP contribution in [0.15, 0.2) is 29.3 Å². The van der Waals surface area contributed by atoms with E-state index in [1.54, 1.807) is 25.3 Å². The third-order valence-electron chi connectivity index (χ3n) is 2.66. The molecule has 0 saturated carbocycles. The van der Waals surface area contributed by atoms with Gasteiger partial charge in [0.25, 0.3) is 0 Å². The van der Waals surface area contributed by atoms with Crippen LogP contribution in [0.5, 0.6) is 0 Å². The van der Waals surface area contributed by atoms with Crippen LogP contribution in [0, 0.1) is 0 Å². The molecule has 104 valence electrons. The monoisotopic (exact) mass is 281 g/mol. The molecule has 1 aromatic rings. The molecule has 1 unspecified atom stereocenters. The lowest BCUT2D eigenvalue weighted by molar-refractivity contribution is -0.144. The van der Waals surface area contributed by atoms with Gasteiger partial charge in [-0.15, -0.1) is 0 Å². The predicted octanol–water partition coefficient (Wildman–Crippen LogP) is 3.88. The van der Waals surface area contributed by atoms with Crippen molar-refractivity contribution in [2.24, 2.45) is 4.99 Å². The molecule has 0 radical (unpaired) electrons. The van der Waals surface area contributed by atoms with Gasteiger partial charge in [0.15, 0.2) is 0 Å². The predicted molar refractivity (Wildman–Crippen MR) is 79.0 cm³/mol. The van der Waals surface area contributed by atoms with Crippen molar-refractivity contribution < 1.29 is 9.53 Å². The van der Waals surface area contributed by atoms with Crippen molar-refractivity contribution in [3.05, 3.63) is 34.9 Å². The minimum Gasteiger partial charge on any atom is -0.464 e. The molecule has 1 atom stereocenters. The molecule has 0 saturated heterocycles. The summed E-state index contributed by atoms with van der Waals surface area (Å²) in [6.45, 7) is 4.28. The molecule has 0 aromatic heterocycles. The molecule has 0 spiro atoms. The topological polar surface area (TPSA) is 38.7 Å². The van der Waals surface area contributed by atoms with Gasteiger partial charge in [-0.05, 0) is 31.0 Å². The fourth-order valence-corrected chi connectivity index (χ4v) is 1.74. The Morgan fingerprint density at radius 2 is 2.05 bits per heavy atom. The molecule has 0 heterocycles. The maximum Gasteiger partial charge on any atom is 0.330 e. The molecule has 0 aliphatic rings. The highest BCUT2D eigenvalue weighted by Gasteiger charge is 2.16. The van der Waals surface area contributed by atoms with Crippen molar-refractivity contribution >= 4 is 23.8 Å². The number of rotatable bonds is 7. The van der Waals surface area contributed by atoms with Crippen LogP contribution in [-0.2, 0) is 9.53 Å². The molecule has 19 heavy (non-hydrogen) atoms. The lowest BCUT2D eigenvalue weighted by Gasteiger charge is -2.10. The lowest BCUT2D eigenvalue weighted by Crippen LogP contribution is -2.21. The first-order valence-electron chi connectivity index (χ1n) is 6.62. The van der Waals surface area contributed by atoms with Gasteiger partial charge in [0, 0.05) is 11.2 Å². The first-order valence-corrected chi connectivity index (χ1v) is 7.00. The third kappa shape index (κ3) is 5.88. The normalized spacial score (nSPS) is 12.6. The van der Waals surface area contributed by atoms with Crippen molar-refractivity contribution in [2.45, 2.75) is 39.2 Å². The molecule has 4 heteroatoms. The number of ether oxygens (including phenoxy) is 1. The maximum absolute atomic E-state index is 11.8. The van der Waals surface area contributed by atoms with E-state index in [1.807, 2.05) is 12.1 Å². The van der Waals surface area contributed by atoms with Gasteiger partial charge in [-0.2, -0.15) is 0 Å². The first kappa shape index (κ1) is 15.7. The SMILES string of the molecule is CCCCC(N=Cc1ccc(Cl)cc1)C(=O)OCC. The summed E-state index contributed by atoms with van der Waals surface area (Å²) in [6, 6.07) is 6.93.